The molecule has 2 amide bonds. The van der Waals surface area contributed by atoms with E-state index < -0.39 is 5.54 Å². The molecule has 0 aliphatic heterocycles. The zero-order valence-electron chi connectivity index (χ0n) is 17.3. The molecule has 0 bridgehead atoms. The lowest BCUT2D eigenvalue weighted by atomic mass is 9.96. The lowest BCUT2D eigenvalue weighted by Crippen LogP contribution is -2.40. The Labute approximate surface area is 176 Å². The van der Waals surface area contributed by atoms with Gasteiger partial charge < -0.3 is 15.7 Å². The van der Waals surface area contributed by atoms with E-state index in [0.29, 0.717) is 11.3 Å². The molecule has 1 heterocycles. The Morgan fingerprint density at radius 2 is 1.73 bits per heavy atom. The molecule has 0 saturated carbocycles. The molecule has 6 nitrogen and oxygen atoms in total. The number of anilines is 1. The Morgan fingerprint density at radius 1 is 1.00 bits per heavy atom. The largest absolute Gasteiger partial charge is 0.508 e. The van der Waals surface area contributed by atoms with Crippen LogP contribution in [0.15, 0.2) is 66.9 Å². The quantitative estimate of drug-likeness (QED) is 0.596. The average molecular weight is 403 g/mol. The van der Waals surface area contributed by atoms with Crippen molar-refractivity contribution in [2.45, 2.75) is 32.7 Å². The standard InChI is InChI=1S/C24H25N3O3/c1-24(2,3)27-23(30)20-14-17(12-13-25-20)26-22(29)15-19-18(10-7-11-21(19)28)16-8-5-4-6-9-16/h4-14,28H,15H2,1-3H3,(H,27,30)(H,25,26,29). The molecule has 3 aromatic rings. The molecule has 3 rings (SSSR count). The molecule has 2 aromatic carbocycles. The van der Waals surface area contributed by atoms with Gasteiger partial charge in [-0.25, -0.2) is 0 Å². The molecule has 3 N–H and O–H groups in total. The van der Waals surface area contributed by atoms with Crippen LogP contribution < -0.4 is 10.6 Å². The molecule has 0 unspecified atom stereocenters. The van der Waals surface area contributed by atoms with Gasteiger partial charge in [0.25, 0.3) is 5.91 Å². The van der Waals surface area contributed by atoms with Crippen molar-refractivity contribution in [2.24, 2.45) is 0 Å². The Morgan fingerprint density at radius 3 is 2.43 bits per heavy atom. The van der Waals surface area contributed by atoms with Crippen molar-refractivity contribution in [2.75, 3.05) is 5.32 Å². The number of carbonyl (C=O) groups is 2. The van der Waals surface area contributed by atoms with Gasteiger partial charge in [-0.1, -0.05) is 42.5 Å². The molecule has 0 saturated heterocycles. The van der Waals surface area contributed by atoms with Crippen molar-refractivity contribution in [3.05, 3.63) is 78.1 Å². The number of amides is 2. The van der Waals surface area contributed by atoms with Crippen molar-refractivity contribution in [3.63, 3.8) is 0 Å². The molecule has 0 atom stereocenters. The first-order valence-corrected chi connectivity index (χ1v) is 9.67. The molecule has 0 spiro atoms. The number of rotatable bonds is 5. The summed E-state index contributed by atoms with van der Waals surface area (Å²) >= 11 is 0. The fourth-order valence-electron chi connectivity index (χ4n) is 3.05. The molecule has 0 aliphatic carbocycles. The normalized spacial score (nSPS) is 11.0. The summed E-state index contributed by atoms with van der Waals surface area (Å²) in [7, 11) is 0. The summed E-state index contributed by atoms with van der Waals surface area (Å²) < 4.78 is 0. The summed E-state index contributed by atoms with van der Waals surface area (Å²) in [5.41, 5.74) is 2.55. The summed E-state index contributed by atoms with van der Waals surface area (Å²) in [4.78, 5) is 29.1. The smallest absolute Gasteiger partial charge is 0.270 e. The van der Waals surface area contributed by atoms with E-state index in [4.69, 9.17) is 0 Å². The number of phenolic OH excluding ortho intramolecular Hbond substituents is 1. The van der Waals surface area contributed by atoms with Gasteiger partial charge in [0.1, 0.15) is 11.4 Å². The van der Waals surface area contributed by atoms with Gasteiger partial charge >= 0.3 is 0 Å². The summed E-state index contributed by atoms with van der Waals surface area (Å²) in [5, 5.41) is 16.0. The predicted octanol–water partition coefficient (Wildman–Crippen LogP) is 4.16. The van der Waals surface area contributed by atoms with Crippen LogP contribution in [0, 0.1) is 0 Å². The van der Waals surface area contributed by atoms with Gasteiger partial charge in [0.05, 0.1) is 6.42 Å². The van der Waals surface area contributed by atoms with Crippen LogP contribution in [0.3, 0.4) is 0 Å². The lowest BCUT2D eigenvalue weighted by Gasteiger charge is -2.20. The van der Waals surface area contributed by atoms with E-state index in [9.17, 15) is 14.7 Å². The van der Waals surface area contributed by atoms with E-state index in [1.54, 1.807) is 18.2 Å². The van der Waals surface area contributed by atoms with Crippen LogP contribution in [-0.2, 0) is 11.2 Å². The zero-order valence-corrected chi connectivity index (χ0v) is 17.3. The molecule has 0 radical (unpaired) electrons. The lowest BCUT2D eigenvalue weighted by molar-refractivity contribution is -0.115. The Bertz CT molecular complexity index is 1060. The zero-order chi connectivity index (χ0) is 21.7. The number of benzene rings is 2. The van der Waals surface area contributed by atoms with Crippen molar-refractivity contribution < 1.29 is 14.7 Å². The van der Waals surface area contributed by atoms with Gasteiger partial charge in [-0.2, -0.15) is 0 Å². The first-order chi connectivity index (χ1) is 14.2. The van der Waals surface area contributed by atoms with Crippen molar-refractivity contribution in [3.8, 4) is 16.9 Å². The third kappa shape index (κ3) is 5.44. The fourth-order valence-corrected chi connectivity index (χ4v) is 3.05. The van der Waals surface area contributed by atoms with Crippen molar-refractivity contribution >= 4 is 17.5 Å². The number of nitrogens with zero attached hydrogens (tertiary/aromatic N) is 1. The van der Waals surface area contributed by atoms with Crippen LogP contribution in [0.1, 0.15) is 36.8 Å². The first kappa shape index (κ1) is 21.0. The first-order valence-electron chi connectivity index (χ1n) is 9.67. The van der Waals surface area contributed by atoms with Crippen LogP contribution in [0.4, 0.5) is 5.69 Å². The van der Waals surface area contributed by atoms with Gasteiger partial charge in [0, 0.05) is 23.0 Å². The maximum Gasteiger partial charge on any atom is 0.270 e. The van der Waals surface area contributed by atoms with Gasteiger partial charge in [0.2, 0.25) is 5.91 Å². The second-order valence-corrected chi connectivity index (χ2v) is 8.03. The third-order valence-electron chi connectivity index (χ3n) is 4.34. The van der Waals surface area contributed by atoms with E-state index in [-0.39, 0.29) is 29.7 Å². The minimum Gasteiger partial charge on any atom is -0.508 e. The maximum atomic E-state index is 12.7. The SMILES string of the molecule is CC(C)(C)NC(=O)c1cc(NC(=O)Cc2c(O)cccc2-c2ccccc2)ccn1. The Kier molecular flexibility index (Phi) is 6.16. The number of aromatic nitrogens is 1. The van der Waals surface area contributed by atoms with Gasteiger partial charge in [-0.05, 0) is 50.1 Å². The highest BCUT2D eigenvalue weighted by Crippen LogP contribution is 2.30. The number of hydrogen-bond acceptors (Lipinski definition) is 4. The average Bonchev–Trinajstić information content (AvgIpc) is 2.69. The highest BCUT2D eigenvalue weighted by Gasteiger charge is 2.18. The predicted molar refractivity (Wildman–Crippen MR) is 117 cm³/mol. The summed E-state index contributed by atoms with van der Waals surface area (Å²) in [6, 6.07) is 17.9. The summed E-state index contributed by atoms with van der Waals surface area (Å²) in [6.07, 6.45) is 1.46. The van der Waals surface area contributed by atoms with Crippen LogP contribution >= 0.6 is 0 Å². The highest BCUT2D eigenvalue weighted by molar-refractivity contribution is 5.97. The van der Waals surface area contributed by atoms with E-state index in [1.807, 2.05) is 57.2 Å². The Hall–Kier alpha value is -3.67. The number of nitrogens with one attached hydrogen (secondary N) is 2. The van der Waals surface area contributed by atoms with Crippen LogP contribution in [0.5, 0.6) is 5.75 Å². The second kappa shape index (κ2) is 8.78. The Balaban J connectivity index is 1.78. The van der Waals surface area contributed by atoms with E-state index >= 15 is 0 Å². The summed E-state index contributed by atoms with van der Waals surface area (Å²) in [6.45, 7) is 5.65. The van der Waals surface area contributed by atoms with E-state index in [0.717, 1.165) is 11.1 Å². The molecule has 0 fully saturated rings. The van der Waals surface area contributed by atoms with E-state index in [1.165, 1.54) is 12.3 Å². The number of aromatic hydroxyl groups is 1. The molecular weight excluding hydrogens is 378 g/mol. The van der Waals surface area contributed by atoms with Crippen LogP contribution in [0.25, 0.3) is 11.1 Å². The number of carbonyl (C=O) groups excluding carboxylic acids is 2. The monoisotopic (exact) mass is 403 g/mol. The molecule has 154 valence electrons. The molecule has 0 aliphatic rings. The molecular formula is C24H25N3O3. The third-order valence-corrected chi connectivity index (χ3v) is 4.34. The van der Waals surface area contributed by atoms with Crippen molar-refractivity contribution in [1.82, 2.24) is 10.3 Å². The molecule has 1 aromatic heterocycles. The number of pyridine rings is 1. The number of phenols is 1. The minimum absolute atomic E-state index is 0.0112. The molecule has 30 heavy (non-hydrogen) atoms. The van der Waals surface area contributed by atoms with Gasteiger partial charge in [-0.15, -0.1) is 0 Å². The molecule has 6 heteroatoms. The topological polar surface area (TPSA) is 91.3 Å². The number of hydrogen-bond donors (Lipinski definition) is 3. The van der Waals surface area contributed by atoms with E-state index in [2.05, 4.69) is 15.6 Å². The van der Waals surface area contributed by atoms with Gasteiger partial charge in [0.15, 0.2) is 0 Å². The van der Waals surface area contributed by atoms with Crippen LogP contribution in [0.2, 0.25) is 0 Å². The van der Waals surface area contributed by atoms with Gasteiger partial charge in [-0.3, -0.25) is 14.6 Å². The maximum absolute atomic E-state index is 12.7. The van der Waals surface area contributed by atoms with Crippen LogP contribution in [-0.4, -0.2) is 27.4 Å². The van der Waals surface area contributed by atoms with Crippen molar-refractivity contribution in [1.29, 1.82) is 0 Å². The highest BCUT2D eigenvalue weighted by atomic mass is 16.3. The fraction of sp³-hybridized carbons (Fsp3) is 0.208. The summed E-state index contributed by atoms with van der Waals surface area (Å²) in [5.74, 6) is -0.556. The second-order valence-electron chi connectivity index (χ2n) is 8.03. The minimum atomic E-state index is -0.392.